The molecule has 4 heterocycles. The number of hydrogen-bond donors (Lipinski definition) is 1. The van der Waals surface area contributed by atoms with Crippen molar-refractivity contribution in [3.63, 3.8) is 0 Å². The van der Waals surface area contributed by atoms with E-state index in [9.17, 15) is 13.8 Å². The monoisotopic (exact) mass is 748 g/mol. The normalized spacial score (nSPS) is 28.7. The van der Waals surface area contributed by atoms with E-state index < -0.39 is 27.0 Å². The number of carbonyl (C=O) groups is 2. The van der Waals surface area contributed by atoms with Gasteiger partial charge in [0, 0.05) is 49.2 Å². The maximum absolute atomic E-state index is 15.0. The van der Waals surface area contributed by atoms with Crippen molar-refractivity contribution in [3.05, 3.63) is 93.8 Å². The van der Waals surface area contributed by atoms with E-state index >= 15 is 0 Å². The summed E-state index contributed by atoms with van der Waals surface area (Å²) in [5.41, 5.74) is 4.68. The molecule has 0 saturated heterocycles. The third-order valence-corrected chi connectivity index (χ3v) is 14.0. The van der Waals surface area contributed by atoms with E-state index in [1.807, 2.05) is 29.7 Å². The van der Waals surface area contributed by atoms with Crippen LogP contribution >= 0.6 is 11.6 Å². The lowest BCUT2D eigenvalue weighted by Crippen LogP contribution is -2.43. The van der Waals surface area contributed by atoms with E-state index in [1.165, 1.54) is 11.1 Å². The number of aryl methyl sites for hydroxylation is 1. The van der Waals surface area contributed by atoms with Crippen LogP contribution in [0.1, 0.15) is 83.5 Å². The summed E-state index contributed by atoms with van der Waals surface area (Å²) >= 11 is 6.48. The smallest absolute Gasteiger partial charge is 0.286 e. The Kier molecular flexibility index (Phi) is 11.1. The number of allylic oxidation sites excluding steroid dienone is 1. The quantitative estimate of drug-likeness (QED) is 0.279. The van der Waals surface area contributed by atoms with Gasteiger partial charge in [0.05, 0.1) is 42.4 Å². The molecule has 12 heteroatoms. The van der Waals surface area contributed by atoms with Crippen molar-refractivity contribution in [1.29, 1.82) is 0 Å². The molecule has 1 unspecified atom stereocenters. The number of nitrogens with one attached hydrogen (secondary N) is 1. The second kappa shape index (κ2) is 15.8. The van der Waals surface area contributed by atoms with Crippen molar-refractivity contribution in [2.24, 2.45) is 22.1 Å². The van der Waals surface area contributed by atoms with E-state index in [-0.39, 0.29) is 17.6 Å². The lowest BCUT2D eigenvalue weighted by Gasteiger charge is -2.43. The number of ether oxygens (including phenoxy) is 3. The second-order valence-corrected chi connectivity index (χ2v) is 17.4. The first kappa shape index (κ1) is 36.7. The molecule has 278 valence electrons. The fraction of sp³-hybridized carbons (Fsp3) is 0.500. The number of carbonyl (C=O) groups excluding carboxylic acids is 2. The van der Waals surface area contributed by atoms with Crippen LogP contribution in [0.25, 0.3) is 0 Å². The first-order valence-electron chi connectivity index (χ1n) is 18.5. The van der Waals surface area contributed by atoms with Gasteiger partial charge in [-0.1, -0.05) is 36.7 Å². The molecule has 3 aliphatic heterocycles. The van der Waals surface area contributed by atoms with Gasteiger partial charge in [0.1, 0.15) is 15.7 Å². The largest absolute Gasteiger partial charge is 0.491 e. The summed E-state index contributed by atoms with van der Waals surface area (Å²) in [5, 5.41) is 0.0611. The molecule has 1 aliphatic carbocycles. The zero-order chi connectivity index (χ0) is 36.4. The number of aromatic nitrogens is 1. The van der Waals surface area contributed by atoms with Crippen molar-refractivity contribution in [3.8, 4) is 5.75 Å². The van der Waals surface area contributed by atoms with Gasteiger partial charge in [0.2, 0.25) is 0 Å². The lowest BCUT2D eigenvalue weighted by atomic mass is 9.70. The van der Waals surface area contributed by atoms with Crippen LogP contribution in [-0.4, -0.2) is 58.8 Å². The number of nitrogens with zero attached hydrogens (tertiary/aromatic N) is 3. The van der Waals surface area contributed by atoms with Crippen LogP contribution in [0.4, 0.5) is 5.69 Å². The van der Waals surface area contributed by atoms with Crippen molar-refractivity contribution >= 4 is 39.0 Å². The molecule has 1 aromatic heterocycles. The van der Waals surface area contributed by atoms with Gasteiger partial charge < -0.3 is 23.7 Å². The van der Waals surface area contributed by atoms with Crippen LogP contribution in [0, 0.1) is 17.8 Å². The van der Waals surface area contributed by atoms with Gasteiger partial charge in [-0.15, -0.1) is 4.36 Å². The first-order chi connectivity index (χ1) is 25.1. The summed E-state index contributed by atoms with van der Waals surface area (Å²) < 4.78 is 42.1. The maximum atomic E-state index is 15.0. The SMILES string of the molecule is CO[C@H]1/C=C/C[C@H](C)[C@@H](C)S(=O)(NC(=O)c2cc3n(c2)CCOC3)=NC(=O)c2ccc3c(c2)N(Cc2ccc(Cl)cc2CCCCO3)C[C@@H]2CC[C@H]21. The fourth-order valence-electron chi connectivity index (χ4n) is 7.83. The number of hydrogen-bond acceptors (Lipinski definition) is 7. The van der Waals surface area contributed by atoms with E-state index in [2.05, 4.69) is 38.3 Å². The van der Waals surface area contributed by atoms with Gasteiger partial charge in [-0.05, 0) is 111 Å². The van der Waals surface area contributed by atoms with Gasteiger partial charge in [0.15, 0.2) is 0 Å². The van der Waals surface area contributed by atoms with Crippen LogP contribution in [0.5, 0.6) is 5.75 Å². The lowest BCUT2D eigenvalue weighted by molar-refractivity contribution is 0.0133. The highest BCUT2D eigenvalue weighted by molar-refractivity contribution is 7.93. The molecule has 1 saturated carbocycles. The third kappa shape index (κ3) is 7.83. The minimum Gasteiger partial charge on any atom is -0.491 e. The van der Waals surface area contributed by atoms with E-state index in [1.54, 1.807) is 32.4 Å². The zero-order valence-electron chi connectivity index (χ0n) is 30.2. The molecule has 4 aliphatic rings. The minimum absolute atomic E-state index is 0.0774. The molecular formula is C40H49ClN4O6S. The third-order valence-electron chi connectivity index (χ3n) is 11.4. The highest BCUT2D eigenvalue weighted by Gasteiger charge is 2.38. The van der Waals surface area contributed by atoms with Gasteiger partial charge >= 0.3 is 0 Å². The molecule has 0 spiro atoms. The molecular weight excluding hydrogens is 700 g/mol. The molecule has 10 nitrogen and oxygen atoms in total. The Bertz CT molecular complexity index is 1940. The summed E-state index contributed by atoms with van der Waals surface area (Å²) in [4.78, 5) is 30.2. The number of benzene rings is 2. The Labute approximate surface area is 312 Å². The van der Waals surface area contributed by atoms with E-state index in [0.717, 1.165) is 50.0 Å². The van der Waals surface area contributed by atoms with E-state index in [0.29, 0.717) is 67.5 Å². The minimum atomic E-state index is -3.61. The first-order valence-corrected chi connectivity index (χ1v) is 20.4. The standard InChI is InChI=1S/C40H49ClN4O6S/c1-26-7-6-9-37(49-3)35-14-11-31(35)23-45-22-30-10-13-33(41)19-28(30)8-4-5-17-51-38-15-12-29(21-36(38)45)39(46)42-52(48,27(26)2)43-40(47)32-20-34-25-50-18-16-44(34)24-32/h6,9-10,12-13,15,19-21,24,26-27,31,35,37H,4-5,7-8,11,14,16-18,22-23,25H2,1-3H3,(H,42,43,46,47,48)/b9-6+/t26-,27+,31-,35+,37-,52?/m0/s1. The van der Waals surface area contributed by atoms with Crippen LogP contribution in [0.15, 0.2) is 65.2 Å². The fourth-order valence-corrected chi connectivity index (χ4v) is 9.90. The molecule has 2 bridgehead atoms. The van der Waals surface area contributed by atoms with Gasteiger partial charge in [-0.3, -0.25) is 14.3 Å². The van der Waals surface area contributed by atoms with Crippen LogP contribution in [-0.2, 0) is 45.5 Å². The van der Waals surface area contributed by atoms with Crippen molar-refractivity contribution < 1.29 is 28.0 Å². The average molecular weight is 749 g/mol. The van der Waals surface area contributed by atoms with Gasteiger partial charge in [-0.25, -0.2) is 4.21 Å². The summed E-state index contributed by atoms with van der Waals surface area (Å²) in [6.07, 6.45) is 11.3. The van der Waals surface area contributed by atoms with Crippen LogP contribution < -0.4 is 14.4 Å². The van der Waals surface area contributed by atoms with Crippen molar-refractivity contribution in [2.75, 3.05) is 31.8 Å². The summed E-state index contributed by atoms with van der Waals surface area (Å²) in [6, 6.07) is 13.2. The number of halogens is 1. The predicted octanol–water partition coefficient (Wildman–Crippen LogP) is 7.37. The van der Waals surface area contributed by atoms with Gasteiger partial charge in [0.25, 0.3) is 11.8 Å². The molecule has 2 aromatic carbocycles. The maximum Gasteiger partial charge on any atom is 0.286 e. The average Bonchev–Trinajstić information content (AvgIpc) is 3.56. The topological polar surface area (TPSA) is 111 Å². The Morgan fingerprint density at radius 1 is 1.08 bits per heavy atom. The molecule has 1 fully saturated rings. The van der Waals surface area contributed by atoms with Gasteiger partial charge in [-0.2, -0.15) is 0 Å². The molecule has 3 aromatic rings. The summed E-state index contributed by atoms with van der Waals surface area (Å²) in [7, 11) is -1.85. The molecule has 6 atom stereocenters. The Balaban J connectivity index is 1.32. The second-order valence-electron chi connectivity index (χ2n) is 14.7. The summed E-state index contributed by atoms with van der Waals surface area (Å²) in [5.74, 6) is -0.00612. The number of rotatable bonds is 3. The predicted molar refractivity (Wildman–Crippen MR) is 203 cm³/mol. The number of amides is 2. The Hall–Kier alpha value is -3.64. The highest BCUT2D eigenvalue weighted by Crippen LogP contribution is 2.42. The molecule has 7 rings (SSSR count). The zero-order valence-corrected chi connectivity index (χ0v) is 31.8. The van der Waals surface area contributed by atoms with Crippen molar-refractivity contribution in [2.45, 2.75) is 83.4 Å². The Morgan fingerprint density at radius 3 is 2.73 bits per heavy atom. The molecule has 1 N–H and O–H groups in total. The number of methoxy groups -OCH3 is 1. The molecule has 2 amide bonds. The summed E-state index contributed by atoms with van der Waals surface area (Å²) in [6.45, 7) is 7.22. The van der Waals surface area contributed by atoms with Crippen molar-refractivity contribution in [1.82, 2.24) is 9.29 Å². The highest BCUT2D eigenvalue weighted by atomic mass is 35.5. The van der Waals surface area contributed by atoms with Crippen LogP contribution in [0.3, 0.4) is 0 Å². The van der Waals surface area contributed by atoms with E-state index in [4.69, 9.17) is 25.8 Å². The molecule has 52 heavy (non-hydrogen) atoms. The number of anilines is 1. The number of fused-ring (bicyclic) bond motifs is 4. The Morgan fingerprint density at radius 2 is 1.94 bits per heavy atom. The molecule has 0 radical (unpaired) electrons. The van der Waals surface area contributed by atoms with Crippen LogP contribution in [0.2, 0.25) is 5.02 Å².